The fraction of sp³-hybridized carbons (Fsp3) is 0.267. The summed E-state index contributed by atoms with van der Waals surface area (Å²) in [7, 11) is 0. The van der Waals surface area contributed by atoms with E-state index in [0.29, 0.717) is 25.6 Å². The number of aromatic carboxylic acids is 1. The molecule has 114 valence electrons. The Hall–Kier alpha value is -2.83. The van der Waals surface area contributed by atoms with Crippen LogP contribution < -0.4 is 14.8 Å². The van der Waals surface area contributed by atoms with E-state index >= 15 is 0 Å². The maximum atomic E-state index is 10.7. The normalized spacial score (nSPS) is 12.7. The molecule has 3 rings (SSSR count). The molecule has 0 amide bonds. The van der Waals surface area contributed by atoms with Gasteiger partial charge in [-0.1, -0.05) is 6.07 Å². The van der Waals surface area contributed by atoms with Gasteiger partial charge in [0.2, 0.25) is 0 Å². The molecule has 1 aromatic carbocycles. The van der Waals surface area contributed by atoms with Crippen LogP contribution in [0, 0.1) is 0 Å². The molecular weight excluding hydrogens is 286 g/mol. The number of nitrogens with zero attached hydrogens (tertiary/aromatic N) is 2. The van der Waals surface area contributed by atoms with Crippen molar-refractivity contribution in [3.05, 3.63) is 41.9 Å². The van der Waals surface area contributed by atoms with Gasteiger partial charge in [-0.15, -0.1) is 0 Å². The second kappa shape index (κ2) is 6.30. The summed E-state index contributed by atoms with van der Waals surface area (Å²) in [5.41, 5.74) is 1.05. The molecule has 2 aromatic rings. The summed E-state index contributed by atoms with van der Waals surface area (Å²) in [6, 6.07) is 5.87. The number of aromatic nitrogens is 2. The van der Waals surface area contributed by atoms with Crippen LogP contribution >= 0.6 is 0 Å². The smallest absolute Gasteiger partial charge is 0.356 e. The van der Waals surface area contributed by atoms with E-state index in [9.17, 15) is 4.79 Å². The van der Waals surface area contributed by atoms with Crippen LogP contribution in [0.15, 0.2) is 30.6 Å². The quantitative estimate of drug-likeness (QED) is 0.866. The average molecular weight is 301 g/mol. The molecule has 2 N–H and O–H groups in total. The fourth-order valence-corrected chi connectivity index (χ4v) is 2.11. The van der Waals surface area contributed by atoms with Crippen molar-refractivity contribution < 1.29 is 19.4 Å². The zero-order valence-electron chi connectivity index (χ0n) is 11.8. The summed E-state index contributed by atoms with van der Waals surface area (Å²) < 4.78 is 11.0. The third-order valence-corrected chi connectivity index (χ3v) is 3.20. The first-order valence-electron chi connectivity index (χ1n) is 6.90. The van der Waals surface area contributed by atoms with Gasteiger partial charge in [0.25, 0.3) is 0 Å². The van der Waals surface area contributed by atoms with Crippen molar-refractivity contribution in [1.29, 1.82) is 0 Å². The van der Waals surface area contributed by atoms with E-state index in [0.717, 1.165) is 23.5 Å². The van der Waals surface area contributed by atoms with Crippen LogP contribution in [0.25, 0.3) is 0 Å². The lowest BCUT2D eigenvalue weighted by atomic mass is 10.1. The highest BCUT2D eigenvalue weighted by Gasteiger charge is 2.11. The average Bonchev–Trinajstić information content (AvgIpc) is 2.55. The largest absolute Gasteiger partial charge is 0.486 e. The first kappa shape index (κ1) is 14.1. The van der Waals surface area contributed by atoms with E-state index in [4.69, 9.17) is 14.6 Å². The van der Waals surface area contributed by atoms with Crippen LogP contribution in [0.1, 0.15) is 16.1 Å². The van der Waals surface area contributed by atoms with Gasteiger partial charge in [-0.25, -0.2) is 14.8 Å². The predicted molar refractivity (Wildman–Crippen MR) is 78.6 cm³/mol. The molecule has 2 heterocycles. The number of hydrogen-bond donors (Lipinski definition) is 2. The number of nitrogens with one attached hydrogen (secondary N) is 1. The van der Waals surface area contributed by atoms with Crippen molar-refractivity contribution in [3.8, 4) is 11.5 Å². The summed E-state index contributed by atoms with van der Waals surface area (Å²) in [6.45, 7) is 1.81. The Morgan fingerprint density at radius 3 is 2.73 bits per heavy atom. The number of carboxylic acids is 1. The molecule has 22 heavy (non-hydrogen) atoms. The monoisotopic (exact) mass is 301 g/mol. The lowest BCUT2D eigenvalue weighted by molar-refractivity contribution is 0.0690. The van der Waals surface area contributed by atoms with Gasteiger partial charge < -0.3 is 19.9 Å². The van der Waals surface area contributed by atoms with E-state index in [-0.39, 0.29) is 5.69 Å². The molecule has 0 atom stereocenters. The molecule has 0 aliphatic carbocycles. The molecule has 0 fully saturated rings. The second-order valence-electron chi connectivity index (χ2n) is 4.75. The highest BCUT2D eigenvalue weighted by molar-refractivity contribution is 5.84. The van der Waals surface area contributed by atoms with Gasteiger partial charge in [0.1, 0.15) is 19.0 Å². The molecule has 1 aromatic heterocycles. The van der Waals surface area contributed by atoms with Gasteiger partial charge in [-0.3, -0.25) is 0 Å². The summed E-state index contributed by atoms with van der Waals surface area (Å²) >= 11 is 0. The number of fused-ring (bicyclic) bond motifs is 1. The molecule has 0 bridgehead atoms. The Kier molecular flexibility index (Phi) is 4.04. The molecule has 0 saturated heterocycles. The first-order valence-corrected chi connectivity index (χ1v) is 6.90. The number of ether oxygens (including phenoxy) is 2. The van der Waals surface area contributed by atoms with Crippen molar-refractivity contribution in [3.63, 3.8) is 0 Å². The molecule has 0 spiro atoms. The number of benzene rings is 1. The van der Waals surface area contributed by atoms with Crippen molar-refractivity contribution in [2.45, 2.75) is 6.42 Å². The van der Waals surface area contributed by atoms with Crippen LogP contribution in [0.5, 0.6) is 11.5 Å². The van der Waals surface area contributed by atoms with Crippen LogP contribution in [0.4, 0.5) is 5.82 Å². The van der Waals surface area contributed by atoms with Crippen molar-refractivity contribution in [2.24, 2.45) is 0 Å². The fourth-order valence-electron chi connectivity index (χ4n) is 2.11. The Balaban J connectivity index is 1.55. The Labute approximate surface area is 126 Å². The van der Waals surface area contributed by atoms with Crippen molar-refractivity contribution in [2.75, 3.05) is 25.1 Å². The van der Waals surface area contributed by atoms with Gasteiger partial charge in [-0.05, 0) is 24.1 Å². The van der Waals surface area contributed by atoms with Crippen LogP contribution in [-0.4, -0.2) is 40.8 Å². The Morgan fingerprint density at radius 2 is 2.00 bits per heavy atom. The highest BCUT2D eigenvalue weighted by atomic mass is 16.6. The van der Waals surface area contributed by atoms with E-state index in [1.807, 2.05) is 18.2 Å². The number of rotatable bonds is 5. The van der Waals surface area contributed by atoms with Crippen molar-refractivity contribution >= 4 is 11.8 Å². The Morgan fingerprint density at radius 1 is 1.18 bits per heavy atom. The third kappa shape index (κ3) is 3.25. The number of hydrogen-bond acceptors (Lipinski definition) is 6. The van der Waals surface area contributed by atoms with E-state index in [2.05, 4.69) is 15.3 Å². The zero-order valence-corrected chi connectivity index (χ0v) is 11.8. The highest BCUT2D eigenvalue weighted by Crippen LogP contribution is 2.30. The topological polar surface area (TPSA) is 93.6 Å². The lowest BCUT2D eigenvalue weighted by Gasteiger charge is -2.18. The molecule has 7 nitrogen and oxygen atoms in total. The molecule has 1 aliphatic heterocycles. The SMILES string of the molecule is O=C(O)c1cnc(NCCc2ccc3c(c2)OCCO3)cn1. The standard InChI is InChI=1S/C15H15N3O4/c19-15(20)11-8-18-14(9-17-11)16-4-3-10-1-2-12-13(7-10)22-6-5-21-12/h1-2,7-9H,3-6H2,(H,16,18)(H,19,20). The van der Waals surface area contributed by atoms with Crippen LogP contribution in [0.3, 0.4) is 0 Å². The predicted octanol–water partition coefficient (Wildman–Crippen LogP) is 1.60. The number of carboxylic acid groups (broad SMARTS) is 1. The maximum Gasteiger partial charge on any atom is 0.356 e. The summed E-state index contributed by atoms with van der Waals surface area (Å²) in [5, 5.41) is 11.9. The van der Waals surface area contributed by atoms with Gasteiger partial charge in [0.15, 0.2) is 17.2 Å². The van der Waals surface area contributed by atoms with Gasteiger partial charge in [0.05, 0.1) is 12.4 Å². The van der Waals surface area contributed by atoms with Crippen LogP contribution in [-0.2, 0) is 6.42 Å². The molecule has 0 saturated carbocycles. The maximum absolute atomic E-state index is 10.7. The zero-order chi connectivity index (χ0) is 15.4. The van der Waals surface area contributed by atoms with Crippen molar-refractivity contribution in [1.82, 2.24) is 9.97 Å². The minimum Gasteiger partial charge on any atom is -0.486 e. The molecule has 0 unspecified atom stereocenters. The third-order valence-electron chi connectivity index (χ3n) is 3.20. The van der Waals surface area contributed by atoms with Gasteiger partial charge in [0, 0.05) is 6.54 Å². The second-order valence-corrected chi connectivity index (χ2v) is 4.75. The van der Waals surface area contributed by atoms with Crippen LogP contribution in [0.2, 0.25) is 0 Å². The lowest BCUT2D eigenvalue weighted by Crippen LogP contribution is -2.15. The van der Waals surface area contributed by atoms with Gasteiger partial charge in [-0.2, -0.15) is 0 Å². The van der Waals surface area contributed by atoms with Gasteiger partial charge >= 0.3 is 5.97 Å². The number of anilines is 1. The minimum absolute atomic E-state index is 0.0719. The molecule has 0 radical (unpaired) electrons. The molecule has 7 heteroatoms. The summed E-state index contributed by atoms with van der Waals surface area (Å²) in [4.78, 5) is 18.5. The van der Waals surface area contributed by atoms with E-state index < -0.39 is 5.97 Å². The molecule has 1 aliphatic rings. The first-order chi connectivity index (χ1) is 10.7. The summed E-state index contributed by atoms with van der Waals surface area (Å²) in [6.07, 6.45) is 3.42. The summed E-state index contributed by atoms with van der Waals surface area (Å²) in [5.74, 6) is 1.00. The van der Waals surface area contributed by atoms with E-state index in [1.54, 1.807) is 0 Å². The number of carbonyl (C=O) groups is 1. The Bertz CT molecular complexity index is 673. The van der Waals surface area contributed by atoms with E-state index in [1.165, 1.54) is 12.4 Å². The molecular formula is C15H15N3O4. The minimum atomic E-state index is -1.09.